The maximum atomic E-state index is 13.0. The van der Waals surface area contributed by atoms with E-state index < -0.39 is 97.5 Å². The minimum atomic E-state index is -4.94. The van der Waals surface area contributed by atoms with E-state index in [0.29, 0.717) is 31.6 Å². The van der Waals surface area contributed by atoms with Crippen LogP contribution in [0.2, 0.25) is 0 Å². The monoisotopic (exact) mass is 1200 g/mol. The Kier molecular flexibility index (Phi) is 52.2. The van der Waals surface area contributed by atoms with Gasteiger partial charge in [-0.05, 0) is 43.4 Å². The van der Waals surface area contributed by atoms with Crippen LogP contribution in [0.5, 0.6) is 0 Å². The van der Waals surface area contributed by atoms with Crippen molar-refractivity contribution >= 4 is 39.5 Å². The van der Waals surface area contributed by atoms with Gasteiger partial charge in [0.15, 0.2) is 12.2 Å². The topological polar surface area (TPSA) is 237 Å². The predicted octanol–water partition coefficient (Wildman–Crippen LogP) is 16.7. The van der Waals surface area contributed by atoms with Crippen LogP contribution in [0.25, 0.3) is 0 Å². The Morgan fingerprint density at radius 3 is 0.840 bits per heavy atom. The van der Waals surface area contributed by atoms with Gasteiger partial charge in [-0.2, -0.15) is 0 Å². The zero-order chi connectivity index (χ0) is 60.3. The highest BCUT2D eigenvalue weighted by Gasteiger charge is 2.30. The molecular formula is C62H120O17P2. The summed E-state index contributed by atoms with van der Waals surface area (Å²) in [5.74, 6) is 0.0480. The summed E-state index contributed by atoms with van der Waals surface area (Å²) in [6.45, 7) is 11.6. The lowest BCUT2D eigenvalue weighted by Crippen LogP contribution is -2.30. The van der Waals surface area contributed by atoms with Gasteiger partial charge < -0.3 is 33.8 Å². The highest BCUT2D eigenvalue weighted by molar-refractivity contribution is 7.47. The molecule has 19 heteroatoms. The van der Waals surface area contributed by atoms with Crippen LogP contribution in [0.3, 0.4) is 0 Å². The fraction of sp³-hybridized carbons (Fsp3) is 0.935. The second-order valence-corrected chi connectivity index (χ2v) is 26.8. The predicted molar refractivity (Wildman–Crippen MR) is 321 cm³/mol. The normalized spacial score (nSPS) is 14.4. The van der Waals surface area contributed by atoms with E-state index in [1.807, 2.05) is 0 Å². The van der Waals surface area contributed by atoms with Gasteiger partial charge in [0.1, 0.15) is 19.3 Å². The van der Waals surface area contributed by atoms with E-state index in [9.17, 15) is 43.2 Å². The summed E-state index contributed by atoms with van der Waals surface area (Å²) in [6.07, 6.45) is 33.9. The number of ether oxygens (including phenoxy) is 4. The lowest BCUT2D eigenvalue weighted by atomic mass is 10.0. The number of carbonyl (C=O) groups excluding carboxylic acids is 4. The van der Waals surface area contributed by atoms with Crippen LogP contribution in [0, 0.1) is 17.8 Å². The van der Waals surface area contributed by atoms with Crippen LogP contribution in [0.4, 0.5) is 0 Å². The van der Waals surface area contributed by atoms with E-state index in [-0.39, 0.29) is 25.7 Å². The maximum absolute atomic E-state index is 13.0. The number of unbranched alkanes of at least 4 members (excludes halogenated alkanes) is 28. The van der Waals surface area contributed by atoms with Gasteiger partial charge in [0.05, 0.1) is 26.4 Å². The molecule has 0 saturated carbocycles. The molecule has 0 aliphatic heterocycles. The standard InChI is InChI=1S/C62H120O17P2/c1-8-9-10-26-36-43-59(64)72-49-57(78-62(67)46-39-32-25-19-22-29-35-42-55(6)7)51-76-80(68,69)74-47-56(63)48-75-81(70,71)77-52-58(50-73-60(65)44-37-30-23-18-17-21-28-34-41-54(4)5)79-61(66)45-38-31-24-16-14-12-11-13-15-20-27-33-40-53(2)3/h53-58,63H,8-52H2,1-7H3,(H,68,69)(H,70,71)/t56-,57+,58+/m0/s1. The Morgan fingerprint density at radius 2 is 0.568 bits per heavy atom. The number of hydrogen-bond acceptors (Lipinski definition) is 15. The second kappa shape index (κ2) is 53.5. The zero-order valence-corrected chi connectivity index (χ0v) is 54.0. The van der Waals surface area contributed by atoms with Gasteiger partial charge in [0.25, 0.3) is 0 Å². The van der Waals surface area contributed by atoms with E-state index in [1.54, 1.807) is 0 Å². The van der Waals surface area contributed by atoms with Crippen LogP contribution in [0.1, 0.15) is 299 Å². The minimum Gasteiger partial charge on any atom is -0.462 e. The summed E-state index contributed by atoms with van der Waals surface area (Å²) in [6, 6.07) is 0. The number of carbonyl (C=O) groups is 4. The number of aliphatic hydroxyl groups excluding tert-OH is 1. The van der Waals surface area contributed by atoms with Crippen LogP contribution in [0.15, 0.2) is 0 Å². The van der Waals surface area contributed by atoms with Crippen molar-refractivity contribution in [3.05, 3.63) is 0 Å². The Bertz CT molecular complexity index is 1610. The smallest absolute Gasteiger partial charge is 0.462 e. The summed E-state index contributed by atoms with van der Waals surface area (Å²) < 4.78 is 67.7. The van der Waals surface area contributed by atoms with Crippen molar-refractivity contribution in [1.82, 2.24) is 0 Å². The average molecular weight is 1200 g/mol. The number of rotatable bonds is 60. The molecule has 0 aromatic carbocycles. The summed E-state index contributed by atoms with van der Waals surface area (Å²) in [5, 5.41) is 10.5. The number of phosphoric acid groups is 2. The molecule has 0 spiro atoms. The molecule has 5 atom stereocenters. The molecule has 0 aliphatic carbocycles. The van der Waals surface area contributed by atoms with Crippen molar-refractivity contribution in [3.8, 4) is 0 Å². The van der Waals surface area contributed by atoms with Crippen LogP contribution in [-0.4, -0.2) is 96.7 Å². The summed E-state index contributed by atoms with van der Waals surface area (Å²) >= 11 is 0. The first-order valence-electron chi connectivity index (χ1n) is 32.3. The molecule has 2 unspecified atom stereocenters. The van der Waals surface area contributed by atoms with Gasteiger partial charge in [-0.3, -0.25) is 37.3 Å². The zero-order valence-electron chi connectivity index (χ0n) is 52.2. The Labute approximate surface area is 492 Å². The van der Waals surface area contributed by atoms with Crippen LogP contribution < -0.4 is 0 Å². The largest absolute Gasteiger partial charge is 0.472 e. The van der Waals surface area contributed by atoms with E-state index in [2.05, 4.69) is 48.5 Å². The molecule has 0 aliphatic rings. The van der Waals surface area contributed by atoms with E-state index in [0.717, 1.165) is 108 Å². The fourth-order valence-electron chi connectivity index (χ4n) is 9.13. The third-order valence-electron chi connectivity index (χ3n) is 14.1. The fourth-order valence-corrected chi connectivity index (χ4v) is 10.7. The van der Waals surface area contributed by atoms with Gasteiger partial charge in [-0.25, -0.2) is 9.13 Å². The van der Waals surface area contributed by atoms with Crippen molar-refractivity contribution < 1.29 is 80.2 Å². The van der Waals surface area contributed by atoms with Gasteiger partial charge in [0.2, 0.25) is 0 Å². The van der Waals surface area contributed by atoms with Crippen LogP contribution >= 0.6 is 15.6 Å². The molecule has 0 aromatic rings. The maximum Gasteiger partial charge on any atom is 0.472 e. The Hall–Kier alpha value is -1.94. The van der Waals surface area contributed by atoms with Gasteiger partial charge in [-0.15, -0.1) is 0 Å². The molecule has 0 heterocycles. The number of phosphoric ester groups is 2. The average Bonchev–Trinajstić information content (AvgIpc) is 3.41. The number of esters is 4. The quantitative estimate of drug-likeness (QED) is 0.0222. The molecular weight excluding hydrogens is 1080 g/mol. The molecule has 0 radical (unpaired) electrons. The third-order valence-corrected chi connectivity index (χ3v) is 16.0. The number of hydrogen-bond donors (Lipinski definition) is 3. The Morgan fingerprint density at radius 1 is 0.333 bits per heavy atom. The molecule has 0 bridgehead atoms. The highest BCUT2D eigenvalue weighted by atomic mass is 31.2. The molecule has 17 nitrogen and oxygen atoms in total. The molecule has 0 saturated heterocycles. The second-order valence-electron chi connectivity index (χ2n) is 23.9. The molecule has 3 N–H and O–H groups in total. The lowest BCUT2D eigenvalue weighted by Gasteiger charge is -2.21. The van der Waals surface area contributed by atoms with E-state index >= 15 is 0 Å². The minimum absolute atomic E-state index is 0.102. The molecule has 0 fully saturated rings. The summed E-state index contributed by atoms with van der Waals surface area (Å²) in [7, 11) is -9.88. The lowest BCUT2D eigenvalue weighted by molar-refractivity contribution is -0.161. The third kappa shape index (κ3) is 56.9. The molecule has 0 amide bonds. The molecule has 0 rings (SSSR count). The van der Waals surface area contributed by atoms with Gasteiger partial charge in [0, 0.05) is 25.7 Å². The van der Waals surface area contributed by atoms with Gasteiger partial charge in [-0.1, -0.05) is 248 Å². The van der Waals surface area contributed by atoms with Crippen molar-refractivity contribution in [1.29, 1.82) is 0 Å². The van der Waals surface area contributed by atoms with Crippen molar-refractivity contribution in [2.24, 2.45) is 17.8 Å². The van der Waals surface area contributed by atoms with Gasteiger partial charge >= 0.3 is 39.5 Å². The van der Waals surface area contributed by atoms with E-state index in [4.69, 9.17) is 37.0 Å². The van der Waals surface area contributed by atoms with Crippen molar-refractivity contribution in [3.63, 3.8) is 0 Å². The Balaban J connectivity index is 5.18. The summed E-state index contributed by atoms with van der Waals surface area (Å²) in [5.41, 5.74) is 0. The van der Waals surface area contributed by atoms with Crippen molar-refractivity contribution in [2.45, 2.75) is 317 Å². The first kappa shape index (κ1) is 79.1. The highest BCUT2D eigenvalue weighted by Crippen LogP contribution is 2.45. The SMILES string of the molecule is CCCCCCCC(=O)OC[C@H](COP(=O)(O)OC[C@H](O)COP(=O)(O)OC[C@@H](COC(=O)CCCCCCCCCCC(C)C)OC(=O)CCCCCCCCCCCCCCC(C)C)OC(=O)CCCCCCCCCC(C)C. The van der Waals surface area contributed by atoms with E-state index in [1.165, 1.54) is 103 Å². The first-order valence-corrected chi connectivity index (χ1v) is 35.3. The summed E-state index contributed by atoms with van der Waals surface area (Å²) in [4.78, 5) is 71.9. The molecule has 81 heavy (non-hydrogen) atoms. The van der Waals surface area contributed by atoms with Crippen molar-refractivity contribution in [2.75, 3.05) is 39.6 Å². The number of aliphatic hydroxyl groups is 1. The van der Waals surface area contributed by atoms with Crippen LogP contribution in [-0.2, 0) is 65.4 Å². The first-order chi connectivity index (χ1) is 38.7. The molecule has 480 valence electrons. The molecule has 0 aromatic heterocycles.